The molecule has 0 saturated carbocycles. The number of rotatable bonds is 17. The third-order valence-electron chi connectivity index (χ3n) is 8.02. The number of aromatic nitrogens is 1. The highest BCUT2D eigenvalue weighted by Crippen LogP contribution is 2.19. The molecule has 14 heteroatoms. The Hall–Kier alpha value is -5.89. The molecule has 0 saturated heterocycles. The van der Waals surface area contributed by atoms with Gasteiger partial charge in [-0.15, -0.1) is 0 Å². The van der Waals surface area contributed by atoms with Crippen molar-refractivity contribution in [1.82, 2.24) is 26.3 Å². The topological polar surface area (TPSA) is 254 Å². The van der Waals surface area contributed by atoms with E-state index in [1.165, 1.54) is 12.1 Å². The van der Waals surface area contributed by atoms with Gasteiger partial charge in [0.2, 0.25) is 23.6 Å². The first-order chi connectivity index (χ1) is 23.5. The van der Waals surface area contributed by atoms with Crippen LogP contribution in [0.1, 0.15) is 29.5 Å². The van der Waals surface area contributed by atoms with Crippen molar-refractivity contribution >= 4 is 40.5 Å². The van der Waals surface area contributed by atoms with Crippen LogP contribution in [0.25, 0.3) is 10.9 Å². The number of nitrogens with two attached hydrogens (primary N) is 3. The van der Waals surface area contributed by atoms with Gasteiger partial charge in [0.1, 0.15) is 23.9 Å². The molecular formula is C35H43N9O5. The predicted molar refractivity (Wildman–Crippen MR) is 186 cm³/mol. The number of carbonyl (C=O) groups is 4. The van der Waals surface area contributed by atoms with Gasteiger partial charge in [-0.1, -0.05) is 60.7 Å². The first-order valence-electron chi connectivity index (χ1n) is 15.9. The van der Waals surface area contributed by atoms with E-state index in [4.69, 9.17) is 22.6 Å². The Bertz CT molecular complexity index is 1740. The van der Waals surface area contributed by atoms with Gasteiger partial charge in [0.15, 0.2) is 5.96 Å². The van der Waals surface area contributed by atoms with E-state index in [-0.39, 0.29) is 43.9 Å². The second-order valence-corrected chi connectivity index (χ2v) is 11.8. The predicted octanol–water partition coefficient (Wildman–Crippen LogP) is 0.432. The molecule has 0 aliphatic rings. The molecule has 0 aliphatic carbocycles. The van der Waals surface area contributed by atoms with Gasteiger partial charge in [0, 0.05) is 36.5 Å². The molecule has 0 aliphatic heterocycles. The number of amides is 4. The molecule has 0 unspecified atom stereocenters. The van der Waals surface area contributed by atoms with Crippen LogP contribution in [0.3, 0.4) is 0 Å². The monoisotopic (exact) mass is 669 g/mol. The second kappa shape index (κ2) is 17.3. The molecule has 1 heterocycles. The smallest absolute Gasteiger partial charge is 0.243 e. The van der Waals surface area contributed by atoms with Crippen molar-refractivity contribution in [1.29, 1.82) is 5.41 Å². The summed E-state index contributed by atoms with van der Waals surface area (Å²) in [5.41, 5.74) is 20.4. The molecular weight excluding hydrogens is 626 g/mol. The van der Waals surface area contributed by atoms with Gasteiger partial charge in [-0.3, -0.25) is 24.6 Å². The molecule has 13 N–H and O–H groups in total. The van der Waals surface area contributed by atoms with Crippen LogP contribution in [0.5, 0.6) is 5.75 Å². The Labute approximate surface area is 283 Å². The molecule has 3 aromatic carbocycles. The summed E-state index contributed by atoms with van der Waals surface area (Å²) in [6.07, 6.45) is 2.59. The average molecular weight is 670 g/mol. The zero-order valence-electron chi connectivity index (χ0n) is 26.9. The summed E-state index contributed by atoms with van der Waals surface area (Å²) in [6.45, 7) is 0.261. The zero-order valence-corrected chi connectivity index (χ0v) is 26.9. The zero-order chi connectivity index (χ0) is 35.3. The maximum absolute atomic E-state index is 13.8. The van der Waals surface area contributed by atoms with Crippen molar-refractivity contribution in [2.45, 2.75) is 56.3 Å². The Morgan fingerprint density at radius 1 is 0.735 bits per heavy atom. The van der Waals surface area contributed by atoms with E-state index < -0.39 is 47.8 Å². The van der Waals surface area contributed by atoms with E-state index in [0.717, 1.165) is 22.0 Å². The van der Waals surface area contributed by atoms with Gasteiger partial charge in [0.05, 0.1) is 6.04 Å². The minimum absolute atomic E-state index is 0.0758. The van der Waals surface area contributed by atoms with Crippen molar-refractivity contribution in [3.8, 4) is 5.75 Å². The lowest BCUT2D eigenvalue weighted by atomic mass is 10.0. The first kappa shape index (κ1) is 36.0. The SMILES string of the molecule is N=C(N)NCCC[C@H](NC(=O)[C@@H](N)Cc1ccc(O)cc1)C(=O)N[C@H](Cc1ccccc1)C(=O)N[C@@H](Cc1c[nH]c2ccccc12)C(N)=O. The van der Waals surface area contributed by atoms with Crippen LogP contribution in [-0.4, -0.2) is 70.4 Å². The van der Waals surface area contributed by atoms with Crippen LogP contribution < -0.4 is 38.5 Å². The van der Waals surface area contributed by atoms with E-state index in [1.807, 2.05) is 30.3 Å². The van der Waals surface area contributed by atoms with Gasteiger partial charge in [-0.2, -0.15) is 0 Å². The van der Waals surface area contributed by atoms with Crippen molar-refractivity contribution in [2.24, 2.45) is 17.2 Å². The maximum atomic E-state index is 13.8. The normalized spacial score (nSPS) is 13.4. The van der Waals surface area contributed by atoms with Crippen molar-refractivity contribution in [3.05, 3.63) is 102 Å². The summed E-state index contributed by atoms with van der Waals surface area (Å²) >= 11 is 0. The average Bonchev–Trinajstić information content (AvgIpc) is 3.49. The third kappa shape index (κ3) is 10.8. The number of benzene rings is 3. The Kier molecular flexibility index (Phi) is 12.7. The second-order valence-electron chi connectivity index (χ2n) is 11.8. The fourth-order valence-electron chi connectivity index (χ4n) is 5.40. The molecule has 49 heavy (non-hydrogen) atoms. The summed E-state index contributed by atoms with van der Waals surface area (Å²) in [5.74, 6) is -2.77. The lowest BCUT2D eigenvalue weighted by molar-refractivity contribution is -0.133. The number of para-hydroxylation sites is 1. The van der Waals surface area contributed by atoms with Crippen LogP contribution in [0.2, 0.25) is 0 Å². The van der Waals surface area contributed by atoms with Crippen LogP contribution in [0, 0.1) is 5.41 Å². The van der Waals surface area contributed by atoms with Crippen molar-refractivity contribution in [3.63, 3.8) is 0 Å². The molecule has 4 atom stereocenters. The molecule has 4 rings (SSSR count). The number of hydrogen-bond acceptors (Lipinski definition) is 7. The number of nitrogens with one attached hydrogen (secondary N) is 6. The lowest BCUT2D eigenvalue weighted by Gasteiger charge is -2.26. The number of phenolic OH excluding ortho intramolecular Hbond substituents is 1. The highest BCUT2D eigenvalue weighted by Gasteiger charge is 2.30. The number of carbonyl (C=O) groups excluding carboxylic acids is 4. The number of aromatic amines is 1. The molecule has 1 aromatic heterocycles. The maximum Gasteiger partial charge on any atom is 0.243 e. The number of fused-ring (bicyclic) bond motifs is 1. The minimum atomic E-state index is -1.14. The van der Waals surface area contributed by atoms with Crippen LogP contribution in [-0.2, 0) is 38.4 Å². The van der Waals surface area contributed by atoms with Gasteiger partial charge in [0.25, 0.3) is 0 Å². The van der Waals surface area contributed by atoms with Crippen LogP contribution >= 0.6 is 0 Å². The Balaban J connectivity index is 1.51. The summed E-state index contributed by atoms with van der Waals surface area (Å²) in [5, 5.41) is 28.7. The van der Waals surface area contributed by atoms with Crippen molar-refractivity contribution in [2.75, 3.05) is 6.54 Å². The van der Waals surface area contributed by atoms with Crippen LogP contribution in [0.4, 0.5) is 0 Å². The van der Waals surface area contributed by atoms with E-state index in [2.05, 4.69) is 26.3 Å². The van der Waals surface area contributed by atoms with Gasteiger partial charge in [-0.05, 0) is 54.2 Å². The fourth-order valence-corrected chi connectivity index (χ4v) is 5.40. The fraction of sp³-hybridized carbons (Fsp3) is 0.286. The Morgan fingerprint density at radius 3 is 2.04 bits per heavy atom. The number of primary amides is 1. The molecule has 0 spiro atoms. The van der Waals surface area contributed by atoms with E-state index in [0.29, 0.717) is 12.0 Å². The summed E-state index contributed by atoms with van der Waals surface area (Å²) in [7, 11) is 0. The first-order valence-corrected chi connectivity index (χ1v) is 15.9. The van der Waals surface area contributed by atoms with E-state index in [9.17, 15) is 24.3 Å². The standard InChI is InChI=1S/C35H43N9O5/c36-26(17-22-12-14-24(45)15-13-22)32(47)42-28(11-6-16-40-35(38)39)33(48)44-30(18-21-7-2-1-3-8-21)34(49)43-29(31(37)46)19-23-20-41-27-10-5-4-9-25(23)27/h1-5,7-10,12-15,20,26,28-30,41,45H,6,11,16-19,36H2,(H2,37,46)(H,42,47)(H,43,49)(H,44,48)(H4,38,39,40)/t26-,28-,29-,30+/m0/s1. The molecule has 0 radical (unpaired) electrons. The van der Waals surface area contributed by atoms with Gasteiger partial charge < -0.3 is 48.6 Å². The molecule has 0 fully saturated rings. The highest BCUT2D eigenvalue weighted by molar-refractivity contribution is 5.95. The van der Waals surface area contributed by atoms with E-state index in [1.54, 1.807) is 42.6 Å². The van der Waals surface area contributed by atoms with Crippen molar-refractivity contribution < 1.29 is 24.3 Å². The molecule has 0 bridgehead atoms. The number of hydrogen-bond donors (Lipinski definition) is 10. The summed E-state index contributed by atoms with van der Waals surface area (Å²) in [6, 6.07) is 18.5. The number of aromatic hydroxyl groups is 1. The molecule has 4 aromatic rings. The third-order valence-corrected chi connectivity index (χ3v) is 8.02. The van der Waals surface area contributed by atoms with E-state index >= 15 is 0 Å². The van der Waals surface area contributed by atoms with Crippen LogP contribution in [0.15, 0.2) is 85.1 Å². The quantitative estimate of drug-likeness (QED) is 0.0428. The van der Waals surface area contributed by atoms with Gasteiger partial charge in [-0.25, -0.2) is 0 Å². The molecule has 258 valence electrons. The number of phenols is 1. The summed E-state index contributed by atoms with van der Waals surface area (Å²) < 4.78 is 0. The molecule has 4 amide bonds. The Morgan fingerprint density at radius 2 is 1.35 bits per heavy atom. The van der Waals surface area contributed by atoms with Gasteiger partial charge >= 0.3 is 0 Å². The number of H-pyrrole nitrogens is 1. The largest absolute Gasteiger partial charge is 0.508 e. The minimum Gasteiger partial charge on any atom is -0.508 e. The number of guanidine groups is 1. The molecule has 14 nitrogen and oxygen atoms in total. The lowest BCUT2D eigenvalue weighted by Crippen LogP contribution is -2.58. The highest BCUT2D eigenvalue weighted by atomic mass is 16.3. The summed E-state index contributed by atoms with van der Waals surface area (Å²) in [4.78, 5) is 56.5.